The molecule has 0 radical (unpaired) electrons. The Bertz CT molecular complexity index is 532. The molecule has 1 aromatic heterocycles. The van der Waals surface area contributed by atoms with Crippen LogP contribution in [0.15, 0.2) is 18.3 Å². The molecule has 8 heteroatoms. The zero-order valence-electron chi connectivity index (χ0n) is 12.6. The third-order valence-corrected chi connectivity index (χ3v) is 3.67. The van der Waals surface area contributed by atoms with E-state index in [1.165, 1.54) is 12.3 Å². The molecule has 0 saturated carbocycles. The zero-order valence-corrected chi connectivity index (χ0v) is 12.6. The summed E-state index contributed by atoms with van der Waals surface area (Å²) in [5, 5.41) is 13.8. The quantitative estimate of drug-likeness (QED) is 0.601. The van der Waals surface area contributed by atoms with Gasteiger partial charge in [-0.25, -0.2) is 4.98 Å². The van der Waals surface area contributed by atoms with Crippen molar-refractivity contribution in [2.45, 2.75) is 38.3 Å². The number of likely N-dealkylation sites (tertiary alicyclic amines) is 1. The van der Waals surface area contributed by atoms with E-state index in [0.29, 0.717) is 31.7 Å². The van der Waals surface area contributed by atoms with Gasteiger partial charge < -0.3 is 16.0 Å². The summed E-state index contributed by atoms with van der Waals surface area (Å²) >= 11 is 0. The molecule has 120 valence electrons. The first-order valence-corrected chi connectivity index (χ1v) is 7.36. The maximum Gasteiger partial charge on any atom is 0.287 e. The van der Waals surface area contributed by atoms with Crippen LogP contribution in [0.5, 0.6) is 0 Å². The standard InChI is InChI=1S/C14H21N5O3/c1-10(15)2-5-14(20)18-7-6-11(9-18)17-13-4-3-12(8-16-13)19(21)22/h3-4,8,10-11H,2,5-7,9,15H2,1H3,(H,16,17). The fraction of sp³-hybridized carbons (Fsp3) is 0.571. The van der Waals surface area contributed by atoms with Gasteiger partial charge >= 0.3 is 0 Å². The van der Waals surface area contributed by atoms with E-state index in [1.54, 1.807) is 6.07 Å². The van der Waals surface area contributed by atoms with Gasteiger partial charge in [0, 0.05) is 37.7 Å². The molecule has 1 amide bonds. The summed E-state index contributed by atoms with van der Waals surface area (Å²) in [7, 11) is 0. The minimum Gasteiger partial charge on any atom is -0.365 e. The van der Waals surface area contributed by atoms with Crippen molar-refractivity contribution < 1.29 is 9.72 Å². The normalized spacial score (nSPS) is 19.0. The summed E-state index contributed by atoms with van der Waals surface area (Å²) in [5.41, 5.74) is 5.63. The van der Waals surface area contributed by atoms with E-state index in [2.05, 4.69) is 10.3 Å². The van der Waals surface area contributed by atoms with Crippen LogP contribution >= 0.6 is 0 Å². The molecule has 0 aromatic carbocycles. The Hall–Kier alpha value is -2.22. The van der Waals surface area contributed by atoms with Crippen LogP contribution in [0.2, 0.25) is 0 Å². The van der Waals surface area contributed by atoms with Crippen LogP contribution in [0.25, 0.3) is 0 Å². The molecule has 0 spiro atoms. The summed E-state index contributed by atoms with van der Waals surface area (Å²) in [6.07, 6.45) is 3.23. The number of anilines is 1. The Morgan fingerprint density at radius 3 is 3.00 bits per heavy atom. The molecule has 1 saturated heterocycles. The first kappa shape index (κ1) is 16.2. The smallest absolute Gasteiger partial charge is 0.287 e. The number of nitrogens with one attached hydrogen (secondary N) is 1. The second kappa shape index (κ2) is 7.17. The van der Waals surface area contributed by atoms with Crippen molar-refractivity contribution >= 4 is 17.4 Å². The zero-order chi connectivity index (χ0) is 16.1. The number of nitrogens with zero attached hydrogens (tertiary/aromatic N) is 3. The third kappa shape index (κ3) is 4.39. The lowest BCUT2D eigenvalue weighted by Gasteiger charge is -2.18. The Balaban J connectivity index is 1.83. The largest absolute Gasteiger partial charge is 0.365 e. The molecule has 0 bridgehead atoms. The number of hydrogen-bond acceptors (Lipinski definition) is 6. The monoisotopic (exact) mass is 307 g/mol. The summed E-state index contributed by atoms with van der Waals surface area (Å²) in [6.45, 7) is 3.22. The van der Waals surface area contributed by atoms with E-state index in [0.717, 1.165) is 6.42 Å². The Morgan fingerprint density at radius 2 is 2.41 bits per heavy atom. The van der Waals surface area contributed by atoms with Crippen LogP contribution in [0, 0.1) is 10.1 Å². The summed E-state index contributed by atoms with van der Waals surface area (Å²) in [5.74, 6) is 0.707. The Kier molecular flexibility index (Phi) is 5.26. The average molecular weight is 307 g/mol. The number of carbonyl (C=O) groups excluding carboxylic acids is 1. The number of carbonyl (C=O) groups is 1. The van der Waals surface area contributed by atoms with Crippen LogP contribution in [0.3, 0.4) is 0 Å². The maximum absolute atomic E-state index is 12.0. The third-order valence-electron chi connectivity index (χ3n) is 3.67. The van der Waals surface area contributed by atoms with Crippen molar-refractivity contribution in [2.24, 2.45) is 5.73 Å². The first-order valence-electron chi connectivity index (χ1n) is 7.36. The molecule has 22 heavy (non-hydrogen) atoms. The highest BCUT2D eigenvalue weighted by atomic mass is 16.6. The van der Waals surface area contributed by atoms with Gasteiger partial charge in [-0.3, -0.25) is 14.9 Å². The molecule has 1 aliphatic rings. The van der Waals surface area contributed by atoms with Gasteiger partial charge in [-0.1, -0.05) is 0 Å². The highest BCUT2D eigenvalue weighted by molar-refractivity contribution is 5.76. The second-order valence-corrected chi connectivity index (χ2v) is 5.64. The predicted molar refractivity (Wildman–Crippen MR) is 82.4 cm³/mol. The van der Waals surface area contributed by atoms with Crippen molar-refractivity contribution in [1.29, 1.82) is 0 Å². The van der Waals surface area contributed by atoms with E-state index in [-0.39, 0.29) is 23.7 Å². The summed E-state index contributed by atoms with van der Waals surface area (Å²) in [6, 6.07) is 3.15. The SMILES string of the molecule is CC(N)CCC(=O)N1CCC(Nc2ccc([N+](=O)[O-])cn2)C1. The average Bonchev–Trinajstić information content (AvgIpc) is 2.94. The molecular weight excluding hydrogens is 286 g/mol. The van der Waals surface area contributed by atoms with E-state index in [1.807, 2.05) is 11.8 Å². The van der Waals surface area contributed by atoms with Gasteiger partial charge in [0.05, 0.1) is 4.92 Å². The number of aromatic nitrogens is 1. The molecule has 2 heterocycles. The van der Waals surface area contributed by atoms with Crippen molar-refractivity contribution in [1.82, 2.24) is 9.88 Å². The molecular formula is C14H21N5O3. The van der Waals surface area contributed by atoms with Gasteiger partial charge in [-0.15, -0.1) is 0 Å². The van der Waals surface area contributed by atoms with Crippen molar-refractivity contribution in [3.8, 4) is 0 Å². The number of nitro groups is 1. The fourth-order valence-electron chi connectivity index (χ4n) is 2.40. The van der Waals surface area contributed by atoms with Crippen LogP contribution in [0.4, 0.5) is 11.5 Å². The minimum absolute atomic E-state index is 0.0322. The number of amides is 1. The Morgan fingerprint density at radius 1 is 1.64 bits per heavy atom. The van der Waals surface area contributed by atoms with Crippen molar-refractivity contribution in [2.75, 3.05) is 18.4 Å². The molecule has 1 fully saturated rings. The maximum atomic E-state index is 12.0. The van der Waals surface area contributed by atoms with Crippen molar-refractivity contribution in [3.05, 3.63) is 28.4 Å². The molecule has 2 atom stereocenters. The molecule has 1 aliphatic heterocycles. The first-order chi connectivity index (χ1) is 10.5. The number of nitrogens with two attached hydrogens (primary N) is 1. The van der Waals surface area contributed by atoms with Crippen molar-refractivity contribution in [3.63, 3.8) is 0 Å². The van der Waals surface area contributed by atoms with E-state index < -0.39 is 4.92 Å². The van der Waals surface area contributed by atoms with E-state index in [4.69, 9.17) is 5.73 Å². The summed E-state index contributed by atoms with van der Waals surface area (Å²) < 4.78 is 0. The van der Waals surface area contributed by atoms with Gasteiger partial charge in [-0.05, 0) is 25.8 Å². The van der Waals surface area contributed by atoms with Crippen LogP contribution in [-0.2, 0) is 4.79 Å². The molecule has 1 aromatic rings. The molecule has 8 nitrogen and oxygen atoms in total. The van der Waals surface area contributed by atoms with Gasteiger partial charge in [0.2, 0.25) is 5.91 Å². The van der Waals surface area contributed by atoms with Gasteiger partial charge in [0.1, 0.15) is 12.0 Å². The second-order valence-electron chi connectivity index (χ2n) is 5.64. The van der Waals surface area contributed by atoms with Crippen LogP contribution in [-0.4, -0.2) is 45.9 Å². The number of hydrogen-bond donors (Lipinski definition) is 2. The van der Waals surface area contributed by atoms with Gasteiger partial charge in [0.15, 0.2) is 0 Å². The topological polar surface area (TPSA) is 114 Å². The highest BCUT2D eigenvalue weighted by Crippen LogP contribution is 2.17. The Labute approximate surface area is 128 Å². The lowest BCUT2D eigenvalue weighted by Crippen LogP contribution is -2.32. The minimum atomic E-state index is -0.481. The highest BCUT2D eigenvalue weighted by Gasteiger charge is 2.26. The fourth-order valence-corrected chi connectivity index (χ4v) is 2.40. The van der Waals surface area contributed by atoms with E-state index in [9.17, 15) is 14.9 Å². The molecule has 3 N–H and O–H groups in total. The number of pyridine rings is 1. The number of rotatable bonds is 6. The lowest BCUT2D eigenvalue weighted by atomic mass is 10.2. The summed E-state index contributed by atoms with van der Waals surface area (Å²) in [4.78, 5) is 28.0. The van der Waals surface area contributed by atoms with Gasteiger partial charge in [0.25, 0.3) is 5.69 Å². The predicted octanol–water partition coefficient (Wildman–Crippen LogP) is 1.13. The molecule has 2 unspecified atom stereocenters. The lowest BCUT2D eigenvalue weighted by molar-refractivity contribution is -0.385. The van der Waals surface area contributed by atoms with E-state index >= 15 is 0 Å². The van der Waals surface area contributed by atoms with Crippen LogP contribution < -0.4 is 11.1 Å². The molecule has 2 rings (SSSR count). The van der Waals surface area contributed by atoms with Crippen LogP contribution in [0.1, 0.15) is 26.2 Å². The van der Waals surface area contributed by atoms with Gasteiger partial charge in [-0.2, -0.15) is 0 Å². The molecule has 0 aliphatic carbocycles.